The van der Waals surface area contributed by atoms with Gasteiger partial charge < -0.3 is 5.32 Å². The predicted octanol–water partition coefficient (Wildman–Crippen LogP) is 6.12. The largest absolute Gasteiger partial charge is 0.325 e. The molecule has 5 nitrogen and oxygen atoms in total. The Labute approximate surface area is 198 Å². The molecule has 3 aromatic carbocycles. The summed E-state index contributed by atoms with van der Waals surface area (Å²) in [5.41, 5.74) is 7.72. The summed E-state index contributed by atoms with van der Waals surface area (Å²) in [6.45, 7) is 6.18. The summed E-state index contributed by atoms with van der Waals surface area (Å²) in [4.78, 5) is 17.4. The number of thioether (sulfide) groups is 1. The fourth-order valence-electron chi connectivity index (χ4n) is 3.46. The highest BCUT2D eigenvalue weighted by Crippen LogP contribution is 2.30. The molecule has 1 amide bonds. The predicted molar refractivity (Wildman–Crippen MR) is 135 cm³/mol. The van der Waals surface area contributed by atoms with E-state index in [2.05, 4.69) is 60.6 Å². The first-order valence-electron chi connectivity index (χ1n) is 10.9. The van der Waals surface area contributed by atoms with Crippen LogP contribution in [0.5, 0.6) is 0 Å². The van der Waals surface area contributed by atoms with E-state index >= 15 is 0 Å². The first-order chi connectivity index (χ1) is 16.0. The van der Waals surface area contributed by atoms with Crippen LogP contribution in [0.1, 0.15) is 23.6 Å². The molecule has 0 atom stereocenters. The van der Waals surface area contributed by atoms with E-state index in [1.54, 1.807) is 0 Å². The quantitative estimate of drug-likeness (QED) is 0.341. The second-order valence-electron chi connectivity index (χ2n) is 7.87. The minimum absolute atomic E-state index is 0.0935. The molecule has 6 heteroatoms. The molecule has 4 aromatic rings. The molecule has 166 valence electrons. The third kappa shape index (κ3) is 5.65. The van der Waals surface area contributed by atoms with Crippen LogP contribution in [0.15, 0.2) is 78.0 Å². The maximum atomic E-state index is 12.6. The number of para-hydroxylation sites is 1. The molecule has 0 unspecified atom stereocenters. The van der Waals surface area contributed by atoms with Crippen LogP contribution in [0, 0.1) is 13.8 Å². The van der Waals surface area contributed by atoms with E-state index in [1.807, 2.05) is 48.5 Å². The summed E-state index contributed by atoms with van der Waals surface area (Å²) in [7, 11) is 0. The zero-order valence-corrected chi connectivity index (χ0v) is 19.8. The van der Waals surface area contributed by atoms with Gasteiger partial charge in [-0.05, 0) is 31.9 Å². The van der Waals surface area contributed by atoms with E-state index < -0.39 is 0 Å². The number of rotatable bonds is 7. The molecule has 0 saturated carbocycles. The maximum absolute atomic E-state index is 12.6. The summed E-state index contributed by atoms with van der Waals surface area (Å²) in [6, 6.07) is 24.2. The SMILES string of the molecule is CCc1ccccc1NC(=O)CSc1nnc(-c2ccc(C)cc2)c(-c2ccc(C)cc2)n1. The van der Waals surface area contributed by atoms with Gasteiger partial charge >= 0.3 is 0 Å². The molecule has 0 saturated heterocycles. The minimum atomic E-state index is -0.0935. The van der Waals surface area contributed by atoms with Gasteiger partial charge in [-0.3, -0.25) is 4.79 Å². The van der Waals surface area contributed by atoms with Crippen LogP contribution in [0.25, 0.3) is 22.5 Å². The first-order valence-corrected chi connectivity index (χ1v) is 11.9. The summed E-state index contributed by atoms with van der Waals surface area (Å²) in [6.07, 6.45) is 0.858. The highest BCUT2D eigenvalue weighted by atomic mass is 32.2. The Morgan fingerprint density at radius 3 is 2.06 bits per heavy atom. The second-order valence-corrected chi connectivity index (χ2v) is 8.81. The highest BCUT2D eigenvalue weighted by Gasteiger charge is 2.15. The fraction of sp³-hybridized carbons (Fsp3) is 0.185. The summed E-state index contributed by atoms with van der Waals surface area (Å²) in [5, 5.41) is 12.3. The molecule has 1 aromatic heterocycles. The molecule has 0 aliphatic rings. The molecule has 0 radical (unpaired) electrons. The van der Waals surface area contributed by atoms with E-state index in [9.17, 15) is 4.79 Å². The lowest BCUT2D eigenvalue weighted by atomic mass is 10.0. The van der Waals surface area contributed by atoms with Gasteiger partial charge in [-0.25, -0.2) is 4.98 Å². The number of carbonyl (C=O) groups excluding carboxylic acids is 1. The lowest BCUT2D eigenvalue weighted by Crippen LogP contribution is -2.15. The van der Waals surface area contributed by atoms with Gasteiger partial charge in [0.15, 0.2) is 0 Å². The van der Waals surface area contributed by atoms with Gasteiger partial charge in [0.05, 0.1) is 5.75 Å². The molecular formula is C27H26N4OS. The van der Waals surface area contributed by atoms with Crippen molar-refractivity contribution in [2.45, 2.75) is 32.3 Å². The number of hydrogen-bond acceptors (Lipinski definition) is 5. The van der Waals surface area contributed by atoms with E-state index in [1.165, 1.54) is 22.9 Å². The lowest BCUT2D eigenvalue weighted by molar-refractivity contribution is -0.113. The van der Waals surface area contributed by atoms with E-state index in [4.69, 9.17) is 4.98 Å². The van der Waals surface area contributed by atoms with Crippen LogP contribution >= 0.6 is 11.8 Å². The van der Waals surface area contributed by atoms with Gasteiger partial charge in [-0.1, -0.05) is 96.5 Å². The van der Waals surface area contributed by atoms with E-state index in [0.717, 1.165) is 40.2 Å². The van der Waals surface area contributed by atoms with Gasteiger partial charge in [0, 0.05) is 16.8 Å². The van der Waals surface area contributed by atoms with Crippen LogP contribution in [-0.2, 0) is 11.2 Å². The van der Waals surface area contributed by atoms with Crippen molar-refractivity contribution >= 4 is 23.4 Å². The lowest BCUT2D eigenvalue weighted by Gasteiger charge is -2.11. The van der Waals surface area contributed by atoms with Crippen LogP contribution in [0.2, 0.25) is 0 Å². The van der Waals surface area contributed by atoms with Gasteiger partial charge in [0.1, 0.15) is 11.4 Å². The summed E-state index contributed by atoms with van der Waals surface area (Å²) in [5.74, 6) is 0.112. The number of anilines is 1. The topological polar surface area (TPSA) is 67.8 Å². The van der Waals surface area contributed by atoms with Crippen molar-refractivity contribution in [2.24, 2.45) is 0 Å². The average Bonchev–Trinajstić information content (AvgIpc) is 2.84. The smallest absolute Gasteiger partial charge is 0.234 e. The minimum Gasteiger partial charge on any atom is -0.325 e. The first kappa shape index (κ1) is 22.7. The van der Waals surface area contributed by atoms with Crippen LogP contribution < -0.4 is 5.32 Å². The van der Waals surface area contributed by atoms with E-state index in [0.29, 0.717) is 5.16 Å². The Kier molecular flexibility index (Phi) is 7.15. The van der Waals surface area contributed by atoms with Gasteiger partial charge in [0.25, 0.3) is 0 Å². The Bertz CT molecular complexity index is 1250. The van der Waals surface area contributed by atoms with Crippen molar-refractivity contribution in [2.75, 3.05) is 11.1 Å². The van der Waals surface area contributed by atoms with Gasteiger partial charge in [-0.15, -0.1) is 10.2 Å². The van der Waals surface area contributed by atoms with Crippen LogP contribution in [-0.4, -0.2) is 26.8 Å². The second kappa shape index (κ2) is 10.4. The average molecular weight is 455 g/mol. The zero-order chi connectivity index (χ0) is 23.2. The number of carbonyl (C=O) groups is 1. The highest BCUT2D eigenvalue weighted by molar-refractivity contribution is 7.99. The Morgan fingerprint density at radius 1 is 0.818 bits per heavy atom. The van der Waals surface area contributed by atoms with Crippen molar-refractivity contribution in [1.29, 1.82) is 0 Å². The van der Waals surface area contributed by atoms with E-state index in [-0.39, 0.29) is 11.7 Å². The molecule has 0 aliphatic heterocycles. The number of amides is 1. The standard InChI is InChI=1S/C27H26N4OS/c1-4-20-7-5-6-8-23(20)28-24(32)17-33-27-29-25(21-13-9-18(2)10-14-21)26(30-31-27)22-15-11-19(3)12-16-22/h5-16H,4,17H2,1-3H3,(H,28,32). The third-order valence-electron chi connectivity index (χ3n) is 5.32. The van der Waals surface area contributed by atoms with Crippen molar-refractivity contribution in [1.82, 2.24) is 15.2 Å². The normalized spacial score (nSPS) is 10.8. The maximum Gasteiger partial charge on any atom is 0.234 e. The monoisotopic (exact) mass is 454 g/mol. The molecule has 1 heterocycles. The van der Waals surface area contributed by atoms with Crippen molar-refractivity contribution < 1.29 is 4.79 Å². The molecule has 0 spiro atoms. The van der Waals surface area contributed by atoms with Crippen molar-refractivity contribution in [3.8, 4) is 22.5 Å². The van der Waals surface area contributed by atoms with Crippen molar-refractivity contribution in [3.05, 3.63) is 89.5 Å². The van der Waals surface area contributed by atoms with Gasteiger partial charge in [-0.2, -0.15) is 0 Å². The number of nitrogens with zero attached hydrogens (tertiary/aromatic N) is 3. The molecule has 0 fully saturated rings. The number of aromatic nitrogens is 3. The zero-order valence-electron chi connectivity index (χ0n) is 19.0. The Balaban J connectivity index is 1.57. The van der Waals surface area contributed by atoms with Crippen LogP contribution in [0.3, 0.4) is 0 Å². The molecular weight excluding hydrogens is 428 g/mol. The number of benzene rings is 3. The summed E-state index contributed by atoms with van der Waals surface area (Å²) < 4.78 is 0. The molecule has 1 N–H and O–H groups in total. The molecule has 0 bridgehead atoms. The number of hydrogen-bond donors (Lipinski definition) is 1. The summed E-state index contributed by atoms with van der Waals surface area (Å²) >= 11 is 1.28. The van der Waals surface area contributed by atoms with Crippen molar-refractivity contribution in [3.63, 3.8) is 0 Å². The molecule has 0 aliphatic carbocycles. The molecule has 33 heavy (non-hydrogen) atoms. The number of aryl methyl sites for hydroxylation is 3. The Hall–Kier alpha value is -3.51. The Morgan fingerprint density at radius 2 is 1.42 bits per heavy atom. The third-order valence-corrected chi connectivity index (χ3v) is 6.16. The van der Waals surface area contributed by atoms with Gasteiger partial charge in [0.2, 0.25) is 11.1 Å². The van der Waals surface area contributed by atoms with Crippen LogP contribution in [0.4, 0.5) is 5.69 Å². The molecule has 4 rings (SSSR count). The number of nitrogens with one attached hydrogen (secondary N) is 1. The fourth-order valence-corrected chi connectivity index (χ4v) is 4.04.